The molecule has 0 radical (unpaired) electrons. The molecule has 0 atom stereocenters. The van der Waals surface area contributed by atoms with Crippen LogP contribution >= 0.6 is 0 Å². The van der Waals surface area contributed by atoms with Gasteiger partial charge in [-0.05, 0) is 140 Å². The van der Waals surface area contributed by atoms with Crippen LogP contribution in [0.3, 0.4) is 0 Å². The minimum Gasteiger partial charge on any atom is -0.247 e. The van der Waals surface area contributed by atoms with Gasteiger partial charge >= 0.3 is 0 Å². The van der Waals surface area contributed by atoms with Gasteiger partial charge in [0.05, 0.1) is 45.7 Å². The number of pyridine rings is 2. The third-order valence-corrected chi connectivity index (χ3v) is 14.2. The monoisotopic (exact) mass is 816 g/mol. The van der Waals surface area contributed by atoms with Crippen molar-refractivity contribution in [3.05, 3.63) is 203 Å². The number of aromatic nitrogens is 2. The molecule has 2 aliphatic rings. The molecule has 10 aromatic rings. The Morgan fingerprint density at radius 3 is 1.12 bits per heavy atom. The van der Waals surface area contributed by atoms with Gasteiger partial charge in [0, 0.05) is 43.5 Å². The number of nitriles is 2. The zero-order valence-corrected chi connectivity index (χ0v) is 36.0. The van der Waals surface area contributed by atoms with Crippen molar-refractivity contribution in [3.8, 4) is 79.2 Å². The third kappa shape index (κ3) is 5.46. The second-order valence-corrected chi connectivity index (χ2v) is 18.4. The Balaban J connectivity index is 1.17. The fourth-order valence-electron chi connectivity index (χ4n) is 10.7. The Morgan fingerprint density at radius 2 is 0.719 bits per heavy atom. The summed E-state index contributed by atoms with van der Waals surface area (Å²) in [5.74, 6) is 0. The van der Waals surface area contributed by atoms with Gasteiger partial charge in [-0.15, -0.1) is 0 Å². The SMILES string of the molecule is CC1(C)c2ccccc2-c2ccc(-c3cc4c(cc(-c5ccc6c(c5)C(C)(C)c5ccccc5-6)c5ccc(-c6ccc(C#N)cc6)nc54)c4nc(-c5ccc(C#N)cc5)ccc34)cc21. The molecule has 2 heterocycles. The highest BCUT2D eigenvalue weighted by atomic mass is 14.7. The van der Waals surface area contributed by atoms with E-state index in [9.17, 15) is 10.5 Å². The molecule has 4 heteroatoms. The molecule has 0 saturated carbocycles. The van der Waals surface area contributed by atoms with Crippen molar-refractivity contribution in [1.29, 1.82) is 10.5 Å². The first-order valence-corrected chi connectivity index (χ1v) is 21.8. The number of hydrogen-bond acceptors (Lipinski definition) is 4. The molecular formula is C60H40N4. The Morgan fingerprint density at radius 1 is 0.344 bits per heavy atom. The summed E-state index contributed by atoms with van der Waals surface area (Å²) in [4.78, 5) is 11.1. The molecule has 0 fully saturated rings. The van der Waals surface area contributed by atoms with E-state index in [1.54, 1.807) is 0 Å². The van der Waals surface area contributed by atoms with E-state index in [-0.39, 0.29) is 10.8 Å². The molecule has 0 bridgehead atoms. The van der Waals surface area contributed by atoms with Crippen LogP contribution in [0, 0.1) is 22.7 Å². The van der Waals surface area contributed by atoms with E-state index >= 15 is 0 Å². The Labute approximate surface area is 372 Å². The van der Waals surface area contributed by atoms with Crippen LogP contribution in [0.15, 0.2) is 170 Å². The number of hydrogen-bond donors (Lipinski definition) is 0. The van der Waals surface area contributed by atoms with Gasteiger partial charge in [-0.2, -0.15) is 10.5 Å². The van der Waals surface area contributed by atoms with Crippen molar-refractivity contribution in [2.75, 3.05) is 0 Å². The van der Waals surface area contributed by atoms with Gasteiger partial charge in [-0.3, -0.25) is 0 Å². The lowest BCUT2D eigenvalue weighted by Gasteiger charge is -2.23. The maximum absolute atomic E-state index is 9.60. The van der Waals surface area contributed by atoms with Gasteiger partial charge in [0.2, 0.25) is 0 Å². The van der Waals surface area contributed by atoms with E-state index < -0.39 is 0 Å². The molecule has 64 heavy (non-hydrogen) atoms. The fourth-order valence-corrected chi connectivity index (χ4v) is 10.7. The molecule has 4 nitrogen and oxygen atoms in total. The quantitative estimate of drug-likeness (QED) is 0.166. The standard InChI is InChI=1S/C60H40N4/c1-59(2)51-11-7-5-9-41(51)43-23-21-39(29-53(43)59)47-31-49-50(57-45(47)25-27-55(63-57)37-17-13-35(33-61)14-18-37)32-48(46-26-28-56(64-58(46)49)38-19-15-36(34-62)16-20-38)40-22-24-44-42-10-6-8-12-52(42)60(3,4)54(44)30-40/h5-32H,1-4H3. The lowest BCUT2D eigenvalue weighted by Crippen LogP contribution is -2.14. The summed E-state index contributed by atoms with van der Waals surface area (Å²) < 4.78 is 0. The van der Waals surface area contributed by atoms with Crippen LogP contribution in [-0.2, 0) is 10.8 Å². The molecule has 300 valence electrons. The normalized spacial score (nSPS) is 13.8. The summed E-state index contributed by atoms with van der Waals surface area (Å²) in [6, 6.07) is 64.6. The molecule has 12 rings (SSSR count). The summed E-state index contributed by atoms with van der Waals surface area (Å²) in [6.45, 7) is 9.31. The van der Waals surface area contributed by atoms with Gasteiger partial charge in [0.15, 0.2) is 0 Å². The number of nitrogens with zero attached hydrogens (tertiary/aromatic N) is 4. The molecule has 0 aliphatic heterocycles. The van der Waals surface area contributed by atoms with Crippen LogP contribution < -0.4 is 0 Å². The lowest BCUT2D eigenvalue weighted by molar-refractivity contribution is 0.660. The highest BCUT2D eigenvalue weighted by molar-refractivity contribution is 6.22. The van der Waals surface area contributed by atoms with E-state index in [4.69, 9.17) is 9.97 Å². The summed E-state index contributed by atoms with van der Waals surface area (Å²) in [6.07, 6.45) is 0. The second kappa shape index (κ2) is 13.7. The molecule has 0 spiro atoms. The van der Waals surface area contributed by atoms with Crippen LogP contribution in [-0.4, -0.2) is 9.97 Å². The van der Waals surface area contributed by atoms with Gasteiger partial charge in [0.25, 0.3) is 0 Å². The topological polar surface area (TPSA) is 73.4 Å². The maximum atomic E-state index is 9.60. The van der Waals surface area contributed by atoms with Gasteiger partial charge < -0.3 is 0 Å². The molecule has 0 saturated heterocycles. The second-order valence-electron chi connectivity index (χ2n) is 18.4. The molecule has 8 aromatic carbocycles. The minimum atomic E-state index is -0.166. The molecular weight excluding hydrogens is 777 g/mol. The van der Waals surface area contributed by atoms with Crippen molar-refractivity contribution >= 4 is 32.6 Å². The van der Waals surface area contributed by atoms with E-state index in [1.165, 1.54) is 44.5 Å². The molecule has 2 aromatic heterocycles. The summed E-state index contributed by atoms with van der Waals surface area (Å²) in [7, 11) is 0. The van der Waals surface area contributed by atoms with E-state index in [1.807, 2.05) is 48.5 Å². The van der Waals surface area contributed by atoms with Crippen LogP contribution in [0.4, 0.5) is 0 Å². The van der Waals surface area contributed by atoms with Crippen molar-refractivity contribution in [2.24, 2.45) is 0 Å². The number of fused-ring (bicyclic) bond motifs is 11. The highest BCUT2D eigenvalue weighted by Crippen LogP contribution is 2.52. The number of benzene rings is 8. The summed E-state index contributed by atoms with van der Waals surface area (Å²) in [5.41, 5.74) is 21.1. The average molecular weight is 817 g/mol. The van der Waals surface area contributed by atoms with E-state index in [2.05, 4.69) is 161 Å². The first-order valence-electron chi connectivity index (χ1n) is 21.8. The maximum Gasteiger partial charge on any atom is 0.0991 e. The van der Waals surface area contributed by atoms with E-state index in [0.29, 0.717) is 11.1 Å². The lowest BCUT2D eigenvalue weighted by atomic mass is 9.81. The zero-order valence-electron chi connectivity index (χ0n) is 36.0. The fraction of sp³-hybridized carbons (Fsp3) is 0.100. The summed E-state index contributed by atoms with van der Waals surface area (Å²) in [5, 5.41) is 23.3. The predicted octanol–water partition coefficient (Wildman–Crippen LogP) is 15.0. The van der Waals surface area contributed by atoms with Crippen LogP contribution in [0.1, 0.15) is 61.1 Å². The smallest absolute Gasteiger partial charge is 0.0991 e. The highest BCUT2D eigenvalue weighted by Gasteiger charge is 2.37. The Hall–Kier alpha value is -8.18. The Kier molecular flexibility index (Phi) is 8.02. The first kappa shape index (κ1) is 37.6. The van der Waals surface area contributed by atoms with Crippen molar-refractivity contribution in [1.82, 2.24) is 9.97 Å². The third-order valence-electron chi connectivity index (χ3n) is 14.2. The van der Waals surface area contributed by atoms with Gasteiger partial charge in [0.1, 0.15) is 0 Å². The largest absolute Gasteiger partial charge is 0.247 e. The van der Waals surface area contributed by atoms with Crippen molar-refractivity contribution in [3.63, 3.8) is 0 Å². The average Bonchev–Trinajstić information content (AvgIpc) is 3.71. The Bertz CT molecular complexity index is 3480. The van der Waals surface area contributed by atoms with Gasteiger partial charge in [-0.25, -0.2) is 9.97 Å². The molecule has 0 N–H and O–H groups in total. The molecule has 0 unspecified atom stereocenters. The zero-order chi connectivity index (χ0) is 43.5. The van der Waals surface area contributed by atoms with Crippen LogP contribution in [0.2, 0.25) is 0 Å². The number of rotatable bonds is 4. The molecule has 0 amide bonds. The van der Waals surface area contributed by atoms with Crippen molar-refractivity contribution < 1.29 is 0 Å². The summed E-state index contributed by atoms with van der Waals surface area (Å²) >= 11 is 0. The van der Waals surface area contributed by atoms with Crippen molar-refractivity contribution in [2.45, 2.75) is 38.5 Å². The van der Waals surface area contributed by atoms with Crippen LogP contribution in [0.5, 0.6) is 0 Å². The van der Waals surface area contributed by atoms with E-state index in [0.717, 1.165) is 77.3 Å². The molecule has 2 aliphatic carbocycles. The minimum absolute atomic E-state index is 0.166. The first-order chi connectivity index (χ1) is 31.1. The van der Waals surface area contributed by atoms with Gasteiger partial charge in [-0.1, -0.05) is 125 Å². The van der Waals surface area contributed by atoms with Crippen LogP contribution in [0.25, 0.3) is 99.6 Å². The predicted molar refractivity (Wildman–Crippen MR) is 261 cm³/mol.